The van der Waals surface area contributed by atoms with Gasteiger partial charge in [0.1, 0.15) is 19.5 Å². The molecule has 1 saturated carbocycles. The molecule has 1 amide bonds. The molecule has 5 nitrogen and oxygen atoms in total. The van der Waals surface area contributed by atoms with Crippen molar-refractivity contribution in [1.82, 2.24) is 5.32 Å². The van der Waals surface area contributed by atoms with Crippen LogP contribution in [0.25, 0.3) is 0 Å². The van der Waals surface area contributed by atoms with E-state index in [1.54, 1.807) is 6.07 Å². The lowest BCUT2D eigenvalue weighted by molar-refractivity contribution is 0.0942. The fourth-order valence-corrected chi connectivity index (χ4v) is 3.74. The standard InChI is InChI=1S/C19H21NO4/c21-18(14-5-8-22-12-14)20-13-19(6-1-2-7-19)15-3-4-16-17(11-15)24-10-9-23-16/h3-5,8,11-12H,1-2,6-7,9-10,13H2,(H,20,21). The SMILES string of the molecule is O=C(NCC1(c2ccc3c(c2)OCCO3)CCCC1)c1ccoc1. The molecule has 1 aromatic carbocycles. The van der Waals surface area contributed by atoms with E-state index in [4.69, 9.17) is 13.9 Å². The number of fused-ring (bicyclic) bond motifs is 1. The van der Waals surface area contributed by atoms with Crippen LogP contribution in [0.3, 0.4) is 0 Å². The van der Waals surface area contributed by atoms with Crippen LogP contribution in [-0.4, -0.2) is 25.7 Å². The second-order valence-corrected chi connectivity index (χ2v) is 6.54. The molecule has 1 aromatic heterocycles. The van der Waals surface area contributed by atoms with E-state index >= 15 is 0 Å². The van der Waals surface area contributed by atoms with Gasteiger partial charge >= 0.3 is 0 Å². The van der Waals surface area contributed by atoms with Crippen LogP contribution in [0, 0.1) is 0 Å². The van der Waals surface area contributed by atoms with Gasteiger partial charge in [0.05, 0.1) is 11.8 Å². The molecule has 2 aromatic rings. The molecule has 1 aliphatic carbocycles. The lowest BCUT2D eigenvalue weighted by Crippen LogP contribution is -2.39. The average Bonchev–Trinajstić information content (AvgIpc) is 3.32. The van der Waals surface area contributed by atoms with Gasteiger partial charge in [0.15, 0.2) is 11.5 Å². The van der Waals surface area contributed by atoms with Crippen LogP contribution in [0.5, 0.6) is 11.5 Å². The van der Waals surface area contributed by atoms with Gasteiger partial charge in [-0.3, -0.25) is 4.79 Å². The molecule has 0 atom stereocenters. The van der Waals surface area contributed by atoms with Crippen LogP contribution in [-0.2, 0) is 5.41 Å². The molecule has 1 aliphatic heterocycles. The maximum absolute atomic E-state index is 12.3. The lowest BCUT2D eigenvalue weighted by atomic mass is 9.78. The van der Waals surface area contributed by atoms with Gasteiger partial charge in [-0.15, -0.1) is 0 Å². The highest BCUT2D eigenvalue weighted by Crippen LogP contribution is 2.43. The Kier molecular flexibility index (Phi) is 3.92. The number of rotatable bonds is 4. The average molecular weight is 327 g/mol. The van der Waals surface area contributed by atoms with Gasteiger partial charge in [0.25, 0.3) is 5.91 Å². The first-order valence-electron chi connectivity index (χ1n) is 8.47. The number of carbonyl (C=O) groups excluding carboxylic acids is 1. The molecule has 1 fully saturated rings. The molecule has 0 spiro atoms. The smallest absolute Gasteiger partial charge is 0.254 e. The van der Waals surface area contributed by atoms with Crippen molar-refractivity contribution >= 4 is 5.91 Å². The molecule has 0 unspecified atom stereocenters. The van der Waals surface area contributed by atoms with Crippen molar-refractivity contribution < 1.29 is 18.7 Å². The largest absolute Gasteiger partial charge is 0.486 e. The van der Waals surface area contributed by atoms with Crippen molar-refractivity contribution in [2.45, 2.75) is 31.1 Å². The minimum atomic E-state index is -0.0902. The number of benzene rings is 1. The zero-order chi connectivity index (χ0) is 16.4. The van der Waals surface area contributed by atoms with Gasteiger partial charge in [0.2, 0.25) is 0 Å². The Morgan fingerprint density at radius 2 is 1.88 bits per heavy atom. The van der Waals surface area contributed by atoms with Gasteiger partial charge in [-0.2, -0.15) is 0 Å². The van der Waals surface area contributed by atoms with E-state index in [0.717, 1.165) is 24.3 Å². The van der Waals surface area contributed by atoms with Crippen molar-refractivity contribution in [3.8, 4) is 11.5 Å². The van der Waals surface area contributed by atoms with E-state index in [-0.39, 0.29) is 11.3 Å². The Balaban J connectivity index is 1.56. The summed E-state index contributed by atoms with van der Waals surface area (Å²) in [4.78, 5) is 12.3. The highest BCUT2D eigenvalue weighted by Gasteiger charge is 2.37. The van der Waals surface area contributed by atoms with E-state index in [9.17, 15) is 4.79 Å². The normalized spacial score (nSPS) is 18.3. The number of furan rings is 1. The van der Waals surface area contributed by atoms with E-state index in [0.29, 0.717) is 25.3 Å². The Labute approximate surface area is 140 Å². The van der Waals surface area contributed by atoms with Gasteiger partial charge in [-0.05, 0) is 36.6 Å². The van der Waals surface area contributed by atoms with Crippen molar-refractivity contribution in [3.05, 3.63) is 47.9 Å². The fraction of sp³-hybridized carbons (Fsp3) is 0.421. The van der Waals surface area contributed by atoms with E-state index in [1.165, 1.54) is 30.9 Å². The van der Waals surface area contributed by atoms with Crippen LogP contribution in [0.1, 0.15) is 41.6 Å². The number of hydrogen-bond donors (Lipinski definition) is 1. The monoisotopic (exact) mass is 327 g/mol. The summed E-state index contributed by atoms with van der Waals surface area (Å²) in [7, 11) is 0. The Bertz CT molecular complexity index is 717. The van der Waals surface area contributed by atoms with Gasteiger partial charge in [0, 0.05) is 12.0 Å². The number of carbonyl (C=O) groups is 1. The third-order valence-electron chi connectivity index (χ3n) is 5.09. The van der Waals surface area contributed by atoms with Crippen LogP contribution >= 0.6 is 0 Å². The summed E-state index contributed by atoms with van der Waals surface area (Å²) in [5.41, 5.74) is 1.75. The second-order valence-electron chi connectivity index (χ2n) is 6.54. The Morgan fingerprint density at radius 3 is 2.62 bits per heavy atom. The zero-order valence-electron chi connectivity index (χ0n) is 13.5. The molecule has 0 bridgehead atoms. The summed E-state index contributed by atoms with van der Waals surface area (Å²) < 4.78 is 16.3. The van der Waals surface area contributed by atoms with Crippen LogP contribution in [0.4, 0.5) is 0 Å². The molecule has 24 heavy (non-hydrogen) atoms. The summed E-state index contributed by atoms with van der Waals surface area (Å²) in [6.07, 6.45) is 7.48. The molecule has 0 saturated heterocycles. The van der Waals surface area contributed by atoms with Gasteiger partial charge < -0.3 is 19.2 Å². The third-order valence-corrected chi connectivity index (χ3v) is 5.09. The summed E-state index contributed by atoms with van der Waals surface area (Å²) in [6, 6.07) is 7.87. The van der Waals surface area contributed by atoms with Crippen LogP contribution in [0.15, 0.2) is 41.2 Å². The molecule has 2 aliphatic rings. The maximum atomic E-state index is 12.3. The van der Waals surface area contributed by atoms with Crippen LogP contribution < -0.4 is 14.8 Å². The number of nitrogens with one attached hydrogen (secondary N) is 1. The van der Waals surface area contributed by atoms with Crippen molar-refractivity contribution in [2.24, 2.45) is 0 Å². The van der Waals surface area contributed by atoms with Gasteiger partial charge in [-0.1, -0.05) is 18.9 Å². The highest BCUT2D eigenvalue weighted by molar-refractivity contribution is 5.93. The zero-order valence-corrected chi connectivity index (χ0v) is 13.5. The summed E-state index contributed by atoms with van der Waals surface area (Å²) in [5, 5.41) is 3.08. The quantitative estimate of drug-likeness (QED) is 0.936. The molecule has 2 heterocycles. The van der Waals surface area contributed by atoms with Crippen molar-refractivity contribution in [1.29, 1.82) is 0 Å². The molecule has 1 N–H and O–H groups in total. The van der Waals surface area contributed by atoms with E-state index in [1.807, 2.05) is 6.07 Å². The maximum Gasteiger partial charge on any atom is 0.254 e. The second kappa shape index (κ2) is 6.23. The molecular weight excluding hydrogens is 306 g/mol. The molecular formula is C19H21NO4. The van der Waals surface area contributed by atoms with E-state index in [2.05, 4.69) is 17.4 Å². The molecule has 126 valence electrons. The molecule has 0 radical (unpaired) electrons. The topological polar surface area (TPSA) is 60.7 Å². The van der Waals surface area contributed by atoms with Crippen molar-refractivity contribution in [2.75, 3.05) is 19.8 Å². The number of hydrogen-bond acceptors (Lipinski definition) is 4. The van der Waals surface area contributed by atoms with Crippen molar-refractivity contribution in [3.63, 3.8) is 0 Å². The Morgan fingerprint density at radius 1 is 1.08 bits per heavy atom. The minimum absolute atomic E-state index is 0.0325. The first-order valence-corrected chi connectivity index (χ1v) is 8.47. The number of amides is 1. The van der Waals surface area contributed by atoms with Crippen LogP contribution in [0.2, 0.25) is 0 Å². The predicted molar refractivity (Wildman–Crippen MR) is 88.6 cm³/mol. The first kappa shape index (κ1) is 15.1. The Hall–Kier alpha value is -2.43. The molecule has 5 heteroatoms. The third kappa shape index (κ3) is 2.75. The minimum Gasteiger partial charge on any atom is -0.486 e. The first-order chi connectivity index (χ1) is 11.8. The molecule has 4 rings (SSSR count). The van der Waals surface area contributed by atoms with Gasteiger partial charge in [-0.25, -0.2) is 0 Å². The van der Waals surface area contributed by atoms with E-state index < -0.39 is 0 Å². The predicted octanol–water partition coefficient (Wildman–Crippen LogP) is 3.29. The summed E-state index contributed by atoms with van der Waals surface area (Å²) in [5.74, 6) is 1.53. The fourth-order valence-electron chi connectivity index (χ4n) is 3.74. The summed E-state index contributed by atoms with van der Waals surface area (Å²) >= 11 is 0. The number of ether oxygens (including phenoxy) is 2. The highest BCUT2D eigenvalue weighted by atomic mass is 16.6. The lowest BCUT2D eigenvalue weighted by Gasteiger charge is -2.31. The summed E-state index contributed by atoms with van der Waals surface area (Å²) in [6.45, 7) is 1.80.